The summed E-state index contributed by atoms with van der Waals surface area (Å²) in [7, 11) is 0. The molecule has 1 unspecified atom stereocenters. The fourth-order valence-corrected chi connectivity index (χ4v) is 3.10. The molecule has 0 amide bonds. The summed E-state index contributed by atoms with van der Waals surface area (Å²) >= 11 is -2.08. The van der Waals surface area contributed by atoms with Crippen LogP contribution < -0.4 is 4.31 Å². The Morgan fingerprint density at radius 2 is 1.57 bits per heavy atom. The molecule has 0 heterocycles. The van der Waals surface area contributed by atoms with Crippen molar-refractivity contribution in [2.45, 2.75) is 33.2 Å². The zero-order valence-corrected chi connectivity index (χ0v) is 13.6. The van der Waals surface area contributed by atoms with Crippen molar-refractivity contribution in [1.29, 1.82) is 0 Å². The SMILES string of the molecule is Cc1ccc(-c2ccccc2N(S(=O)O)C(C)(C)C)cc1. The number of benzene rings is 2. The van der Waals surface area contributed by atoms with Gasteiger partial charge in [-0.1, -0.05) is 48.0 Å². The number of para-hydroxylation sites is 1. The number of anilines is 1. The van der Waals surface area contributed by atoms with Gasteiger partial charge in [0.2, 0.25) is 0 Å². The summed E-state index contributed by atoms with van der Waals surface area (Å²) in [5.41, 5.74) is 3.48. The number of rotatable bonds is 3. The number of nitrogens with zero attached hydrogens (tertiary/aromatic N) is 1. The molecule has 0 saturated carbocycles. The lowest BCUT2D eigenvalue weighted by molar-refractivity contribution is 0.515. The Kier molecular flexibility index (Phi) is 4.49. The van der Waals surface area contributed by atoms with E-state index in [1.54, 1.807) is 0 Å². The second-order valence-electron chi connectivity index (χ2n) is 6.08. The summed E-state index contributed by atoms with van der Waals surface area (Å²) in [5.74, 6) is 0. The van der Waals surface area contributed by atoms with Crippen molar-refractivity contribution in [2.75, 3.05) is 4.31 Å². The van der Waals surface area contributed by atoms with E-state index in [1.807, 2.05) is 76.2 Å². The first kappa shape index (κ1) is 15.7. The second-order valence-corrected chi connectivity index (χ2v) is 6.91. The topological polar surface area (TPSA) is 40.5 Å². The molecule has 1 N–H and O–H groups in total. The van der Waals surface area contributed by atoms with Gasteiger partial charge < -0.3 is 0 Å². The quantitative estimate of drug-likeness (QED) is 0.854. The minimum Gasteiger partial charge on any atom is -0.289 e. The van der Waals surface area contributed by atoms with Crippen LogP contribution in [0.2, 0.25) is 0 Å². The van der Waals surface area contributed by atoms with Gasteiger partial charge in [0.25, 0.3) is 11.3 Å². The third kappa shape index (κ3) is 3.52. The smallest absolute Gasteiger partial charge is 0.262 e. The Morgan fingerprint density at radius 1 is 1.00 bits per heavy atom. The van der Waals surface area contributed by atoms with Gasteiger partial charge in [-0.05, 0) is 39.3 Å². The Balaban J connectivity index is 2.60. The maximum Gasteiger partial charge on any atom is 0.262 e. The monoisotopic (exact) mass is 303 g/mol. The molecule has 4 heteroatoms. The summed E-state index contributed by atoms with van der Waals surface area (Å²) in [6.07, 6.45) is 0. The van der Waals surface area contributed by atoms with Gasteiger partial charge >= 0.3 is 0 Å². The molecule has 0 aliphatic rings. The zero-order valence-electron chi connectivity index (χ0n) is 12.8. The van der Waals surface area contributed by atoms with Gasteiger partial charge in [-0.3, -0.25) is 8.86 Å². The first-order chi connectivity index (χ1) is 9.80. The van der Waals surface area contributed by atoms with Crippen molar-refractivity contribution in [3.05, 3.63) is 54.1 Å². The van der Waals surface area contributed by atoms with Gasteiger partial charge in [-0.15, -0.1) is 0 Å². The molecule has 112 valence electrons. The van der Waals surface area contributed by atoms with Crippen molar-refractivity contribution in [3.8, 4) is 11.1 Å². The Morgan fingerprint density at radius 3 is 2.10 bits per heavy atom. The van der Waals surface area contributed by atoms with Crippen LogP contribution >= 0.6 is 0 Å². The Hall–Kier alpha value is -1.65. The van der Waals surface area contributed by atoms with Gasteiger partial charge in [0.05, 0.1) is 5.69 Å². The standard InChI is InChI=1S/C17H21NO2S/c1-13-9-11-14(12-10-13)15-7-5-6-8-16(15)18(21(19)20)17(2,3)4/h5-12H,1-4H3,(H,19,20). The fraction of sp³-hybridized carbons (Fsp3) is 0.294. The number of aryl methyl sites for hydroxylation is 1. The van der Waals surface area contributed by atoms with E-state index in [4.69, 9.17) is 0 Å². The number of hydrogen-bond donors (Lipinski definition) is 1. The molecule has 21 heavy (non-hydrogen) atoms. The fourth-order valence-electron chi connectivity index (χ4n) is 2.31. The molecule has 0 bridgehead atoms. The highest BCUT2D eigenvalue weighted by Crippen LogP contribution is 2.35. The predicted octanol–water partition coefficient (Wildman–Crippen LogP) is 4.40. The molecular weight excluding hydrogens is 282 g/mol. The van der Waals surface area contributed by atoms with Crippen molar-refractivity contribution >= 4 is 17.0 Å². The van der Waals surface area contributed by atoms with E-state index in [0.717, 1.165) is 16.8 Å². The molecule has 0 radical (unpaired) electrons. The van der Waals surface area contributed by atoms with Crippen molar-refractivity contribution in [2.24, 2.45) is 0 Å². The first-order valence-electron chi connectivity index (χ1n) is 6.88. The first-order valence-corrected chi connectivity index (χ1v) is 7.94. The zero-order chi connectivity index (χ0) is 15.6. The Bertz CT molecular complexity index is 645. The number of hydrogen-bond acceptors (Lipinski definition) is 1. The van der Waals surface area contributed by atoms with Crippen LogP contribution in [0.4, 0.5) is 5.69 Å². The Labute approximate surface area is 129 Å². The van der Waals surface area contributed by atoms with E-state index < -0.39 is 16.8 Å². The minimum absolute atomic E-state index is 0.458. The molecule has 0 saturated heterocycles. The largest absolute Gasteiger partial charge is 0.289 e. The van der Waals surface area contributed by atoms with Crippen LogP contribution in [0, 0.1) is 6.92 Å². The third-order valence-corrected chi connectivity index (χ3v) is 4.31. The molecule has 0 spiro atoms. The van der Waals surface area contributed by atoms with Crippen molar-refractivity contribution < 1.29 is 8.76 Å². The lowest BCUT2D eigenvalue weighted by atomic mass is 10.0. The minimum atomic E-state index is -2.08. The molecule has 1 atom stereocenters. The van der Waals surface area contributed by atoms with E-state index in [2.05, 4.69) is 0 Å². The van der Waals surface area contributed by atoms with Crippen LogP contribution in [-0.2, 0) is 11.3 Å². The normalized spacial score (nSPS) is 13.0. The lowest BCUT2D eigenvalue weighted by Crippen LogP contribution is -2.42. The van der Waals surface area contributed by atoms with E-state index in [0.29, 0.717) is 0 Å². The van der Waals surface area contributed by atoms with Crippen LogP contribution in [0.1, 0.15) is 26.3 Å². The van der Waals surface area contributed by atoms with Crippen LogP contribution in [0.3, 0.4) is 0 Å². The summed E-state index contributed by atoms with van der Waals surface area (Å²) < 4.78 is 23.1. The van der Waals surface area contributed by atoms with E-state index >= 15 is 0 Å². The maximum absolute atomic E-state index is 11.8. The highest BCUT2D eigenvalue weighted by atomic mass is 32.2. The van der Waals surface area contributed by atoms with Crippen LogP contribution in [0.5, 0.6) is 0 Å². The third-order valence-electron chi connectivity index (χ3n) is 3.25. The van der Waals surface area contributed by atoms with E-state index in [9.17, 15) is 8.76 Å². The lowest BCUT2D eigenvalue weighted by Gasteiger charge is -2.35. The van der Waals surface area contributed by atoms with Crippen LogP contribution in [-0.4, -0.2) is 14.3 Å². The molecule has 2 aromatic carbocycles. The molecule has 2 aromatic rings. The molecule has 0 aliphatic heterocycles. The molecule has 3 nitrogen and oxygen atoms in total. The molecule has 2 rings (SSSR count). The molecule has 0 aliphatic carbocycles. The van der Waals surface area contributed by atoms with E-state index in [1.165, 1.54) is 9.87 Å². The van der Waals surface area contributed by atoms with Crippen molar-refractivity contribution in [1.82, 2.24) is 0 Å². The molecule has 0 fully saturated rings. The van der Waals surface area contributed by atoms with E-state index in [-0.39, 0.29) is 0 Å². The van der Waals surface area contributed by atoms with Gasteiger partial charge in [0, 0.05) is 11.1 Å². The van der Waals surface area contributed by atoms with Gasteiger partial charge in [-0.2, -0.15) is 0 Å². The highest BCUT2D eigenvalue weighted by Gasteiger charge is 2.28. The van der Waals surface area contributed by atoms with Gasteiger partial charge in [-0.25, -0.2) is 4.21 Å². The summed E-state index contributed by atoms with van der Waals surface area (Å²) in [6, 6.07) is 15.9. The van der Waals surface area contributed by atoms with Crippen LogP contribution in [0.25, 0.3) is 11.1 Å². The predicted molar refractivity (Wildman–Crippen MR) is 89.6 cm³/mol. The van der Waals surface area contributed by atoms with Gasteiger partial charge in [0.15, 0.2) is 0 Å². The summed E-state index contributed by atoms with van der Waals surface area (Å²) in [6.45, 7) is 7.81. The van der Waals surface area contributed by atoms with Gasteiger partial charge in [0.1, 0.15) is 0 Å². The van der Waals surface area contributed by atoms with Crippen molar-refractivity contribution in [3.63, 3.8) is 0 Å². The van der Waals surface area contributed by atoms with Crippen LogP contribution in [0.15, 0.2) is 48.5 Å². The average Bonchev–Trinajstić information content (AvgIpc) is 2.38. The summed E-state index contributed by atoms with van der Waals surface area (Å²) in [4.78, 5) is 0. The second kappa shape index (κ2) is 6.00. The molecular formula is C17H21NO2S. The highest BCUT2D eigenvalue weighted by molar-refractivity contribution is 7.80. The average molecular weight is 303 g/mol. The molecule has 0 aromatic heterocycles. The maximum atomic E-state index is 11.8. The summed E-state index contributed by atoms with van der Waals surface area (Å²) in [5, 5.41) is 0.